The lowest BCUT2D eigenvalue weighted by molar-refractivity contribution is -0.0601. The number of imidazole rings is 1. The summed E-state index contributed by atoms with van der Waals surface area (Å²) < 4.78 is 22.3. The van der Waals surface area contributed by atoms with Gasteiger partial charge in [-0.2, -0.15) is 0 Å². The van der Waals surface area contributed by atoms with Crippen molar-refractivity contribution in [3.63, 3.8) is 0 Å². The zero-order chi connectivity index (χ0) is 17.2. The Hall–Kier alpha value is -0.990. The Kier molecular flexibility index (Phi) is 5.38. The molecule has 3 heterocycles. The third-order valence-electron chi connectivity index (χ3n) is 5.10. The number of piperidine rings is 1. The molecular weight excluding hydrogens is 432 g/mol. The molecule has 1 atom stereocenters. The molecule has 25 heavy (non-hydrogen) atoms. The van der Waals surface area contributed by atoms with E-state index in [0.717, 1.165) is 60.0 Å². The van der Waals surface area contributed by atoms with Crippen molar-refractivity contribution in [1.29, 1.82) is 0 Å². The molecule has 0 spiro atoms. The second-order valence-electron chi connectivity index (χ2n) is 6.90. The van der Waals surface area contributed by atoms with Crippen molar-refractivity contribution in [2.45, 2.75) is 44.9 Å². The number of ether oxygens (including phenoxy) is 1. The van der Waals surface area contributed by atoms with Crippen molar-refractivity contribution in [2.24, 2.45) is 0 Å². The molecule has 1 aromatic heterocycles. The Morgan fingerprint density at radius 1 is 1.16 bits per heavy atom. The average molecular weight is 455 g/mol. The van der Waals surface area contributed by atoms with Crippen LogP contribution in [-0.2, 0) is 17.8 Å². The fourth-order valence-corrected chi connectivity index (χ4v) is 4.43. The SMILES string of the molecule is Fc1ccc(-c2nc(CN3CCCCC3)n(C[C@@H]3CCO3)c2I)cc1. The van der Waals surface area contributed by atoms with Crippen LogP contribution in [0.3, 0.4) is 0 Å². The number of rotatable bonds is 5. The van der Waals surface area contributed by atoms with Gasteiger partial charge in [0.2, 0.25) is 0 Å². The Bertz CT molecular complexity index is 721. The minimum Gasteiger partial charge on any atom is -0.376 e. The summed E-state index contributed by atoms with van der Waals surface area (Å²) in [4.78, 5) is 7.45. The first-order chi connectivity index (χ1) is 12.2. The fourth-order valence-electron chi connectivity index (χ4n) is 3.52. The lowest BCUT2D eigenvalue weighted by Crippen LogP contribution is -2.34. The molecule has 1 aromatic carbocycles. The van der Waals surface area contributed by atoms with Crippen LogP contribution in [0.2, 0.25) is 0 Å². The van der Waals surface area contributed by atoms with Gasteiger partial charge in [-0.05, 0) is 79.2 Å². The number of halogens is 2. The van der Waals surface area contributed by atoms with Gasteiger partial charge in [0.05, 0.1) is 19.2 Å². The minimum absolute atomic E-state index is 0.213. The van der Waals surface area contributed by atoms with Crippen molar-refractivity contribution in [2.75, 3.05) is 19.7 Å². The Morgan fingerprint density at radius 3 is 2.52 bits per heavy atom. The maximum Gasteiger partial charge on any atom is 0.124 e. The fraction of sp³-hybridized carbons (Fsp3) is 0.526. The van der Waals surface area contributed by atoms with Gasteiger partial charge >= 0.3 is 0 Å². The molecule has 0 radical (unpaired) electrons. The van der Waals surface area contributed by atoms with E-state index in [1.54, 1.807) is 0 Å². The summed E-state index contributed by atoms with van der Waals surface area (Å²) in [5.74, 6) is 0.885. The standard InChI is InChI=1S/C19H23FIN3O/c20-15-6-4-14(5-7-15)18-19(21)24(12-16-8-11-25-16)17(22-18)13-23-9-2-1-3-10-23/h4-7,16H,1-3,8-13H2/t16-/m0/s1. The van der Waals surface area contributed by atoms with Crippen LogP contribution < -0.4 is 0 Å². The molecule has 2 aromatic rings. The normalized spacial score (nSPS) is 21.3. The molecule has 4 rings (SSSR count). The number of nitrogens with zero attached hydrogens (tertiary/aromatic N) is 3. The second kappa shape index (κ2) is 7.72. The van der Waals surface area contributed by atoms with Crippen LogP contribution in [0, 0.1) is 9.52 Å². The van der Waals surface area contributed by atoms with E-state index in [9.17, 15) is 4.39 Å². The highest BCUT2D eigenvalue weighted by atomic mass is 127. The zero-order valence-electron chi connectivity index (χ0n) is 14.3. The van der Waals surface area contributed by atoms with Gasteiger partial charge in [-0.3, -0.25) is 4.90 Å². The molecule has 2 saturated heterocycles. The third kappa shape index (κ3) is 3.90. The summed E-state index contributed by atoms with van der Waals surface area (Å²) in [6.07, 6.45) is 5.29. The van der Waals surface area contributed by atoms with E-state index in [4.69, 9.17) is 9.72 Å². The van der Waals surface area contributed by atoms with Crippen molar-refractivity contribution < 1.29 is 9.13 Å². The van der Waals surface area contributed by atoms with Gasteiger partial charge in [-0.1, -0.05) is 6.42 Å². The molecule has 0 unspecified atom stereocenters. The summed E-state index contributed by atoms with van der Waals surface area (Å²) in [6.45, 7) is 4.90. The predicted octanol–water partition coefficient (Wildman–Crippen LogP) is 4.07. The molecule has 0 aliphatic carbocycles. The van der Waals surface area contributed by atoms with Gasteiger partial charge in [0, 0.05) is 12.2 Å². The number of likely N-dealkylation sites (tertiary alicyclic amines) is 1. The topological polar surface area (TPSA) is 30.3 Å². The van der Waals surface area contributed by atoms with Crippen molar-refractivity contribution in [3.8, 4) is 11.3 Å². The number of aromatic nitrogens is 2. The van der Waals surface area contributed by atoms with Crippen molar-refractivity contribution in [3.05, 3.63) is 39.6 Å². The molecular formula is C19H23FIN3O. The maximum absolute atomic E-state index is 13.3. The number of hydrogen-bond donors (Lipinski definition) is 0. The summed E-state index contributed by atoms with van der Waals surface area (Å²) in [5, 5.41) is 0. The van der Waals surface area contributed by atoms with Crippen molar-refractivity contribution >= 4 is 22.6 Å². The minimum atomic E-state index is -0.213. The van der Waals surface area contributed by atoms with Crippen molar-refractivity contribution in [1.82, 2.24) is 14.5 Å². The first kappa shape index (κ1) is 17.4. The summed E-state index contributed by atoms with van der Waals surface area (Å²) in [5.41, 5.74) is 1.92. The van der Waals surface area contributed by atoms with Gasteiger partial charge in [-0.15, -0.1) is 0 Å². The molecule has 134 valence electrons. The van der Waals surface area contributed by atoms with Crippen LogP contribution in [0.4, 0.5) is 4.39 Å². The Labute approximate surface area is 161 Å². The first-order valence-electron chi connectivity index (χ1n) is 9.05. The number of hydrogen-bond acceptors (Lipinski definition) is 3. The summed E-state index contributed by atoms with van der Waals surface area (Å²) >= 11 is 2.37. The van der Waals surface area contributed by atoms with Crippen LogP contribution >= 0.6 is 22.6 Å². The molecule has 4 nitrogen and oxygen atoms in total. The van der Waals surface area contributed by atoms with Gasteiger partial charge in [0.25, 0.3) is 0 Å². The molecule has 6 heteroatoms. The molecule has 0 saturated carbocycles. The van der Waals surface area contributed by atoms with Crippen LogP contribution in [0.5, 0.6) is 0 Å². The lowest BCUT2D eigenvalue weighted by Gasteiger charge is -2.29. The van der Waals surface area contributed by atoms with Crippen LogP contribution in [0.1, 0.15) is 31.5 Å². The third-order valence-corrected chi connectivity index (χ3v) is 6.19. The van der Waals surface area contributed by atoms with E-state index in [1.807, 2.05) is 12.1 Å². The van der Waals surface area contributed by atoms with E-state index in [1.165, 1.54) is 31.4 Å². The number of benzene rings is 1. The molecule has 0 N–H and O–H groups in total. The molecule has 2 fully saturated rings. The Balaban J connectivity index is 1.64. The van der Waals surface area contributed by atoms with E-state index in [2.05, 4.69) is 32.1 Å². The first-order valence-corrected chi connectivity index (χ1v) is 10.1. The van der Waals surface area contributed by atoms with Gasteiger partial charge in [0.1, 0.15) is 21.0 Å². The Morgan fingerprint density at radius 2 is 1.88 bits per heavy atom. The summed E-state index contributed by atoms with van der Waals surface area (Å²) in [7, 11) is 0. The van der Waals surface area contributed by atoms with Gasteiger partial charge < -0.3 is 9.30 Å². The van der Waals surface area contributed by atoms with Gasteiger partial charge in [-0.25, -0.2) is 9.37 Å². The highest BCUT2D eigenvalue weighted by Gasteiger charge is 2.25. The van der Waals surface area contributed by atoms with Crippen LogP contribution in [0.25, 0.3) is 11.3 Å². The molecule has 0 amide bonds. The molecule has 2 aliphatic rings. The molecule has 0 bridgehead atoms. The van der Waals surface area contributed by atoms with Crippen LogP contribution in [-0.4, -0.2) is 40.3 Å². The average Bonchev–Trinajstić information content (AvgIpc) is 2.88. The monoisotopic (exact) mass is 455 g/mol. The largest absolute Gasteiger partial charge is 0.376 e. The maximum atomic E-state index is 13.3. The highest BCUT2D eigenvalue weighted by molar-refractivity contribution is 14.1. The highest BCUT2D eigenvalue weighted by Crippen LogP contribution is 2.28. The molecule has 2 aliphatic heterocycles. The quantitative estimate of drug-likeness (QED) is 0.637. The predicted molar refractivity (Wildman–Crippen MR) is 104 cm³/mol. The van der Waals surface area contributed by atoms with E-state index in [0.29, 0.717) is 6.10 Å². The summed E-state index contributed by atoms with van der Waals surface area (Å²) in [6, 6.07) is 6.64. The zero-order valence-corrected chi connectivity index (χ0v) is 16.4. The smallest absolute Gasteiger partial charge is 0.124 e. The van der Waals surface area contributed by atoms with E-state index >= 15 is 0 Å². The van der Waals surface area contributed by atoms with Crippen LogP contribution in [0.15, 0.2) is 24.3 Å². The van der Waals surface area contributed by atoms with E-state index in [-0.39, 0.29) is 5.82 Å². The second-order valence-corrected chi connectivity index (χ2v) is 7.93. The lowest BCUT2D eigenvalue weighted by atomic mass is 10.1. The van der Waals surface area contributed by atoms with E-state index < -0.39 is 0 Å². The van der Waals surface area contributed by atoms with Gasteiger partial charge in [0.15, 0.2) is 0 Å².